The third kappa shape index (κ3) is 6.10. The van der Waals surface area contributed by atoms with E-state index in [0.29, 0.717) is 24.3 Å². The van der Waals surface area contributed by atoms with Crippen molar-refractivity contribution in [2.45, 2.75) is 25.3 Å². The van der Waals surface area contributed by atoms with Crippen molar-refractivity contribution in [2.24, 2.45) is 5.73 Å². The molecule has 0 unspecified atom stereocenters. The summed E-state index contributed by atoms with van der Waals surface area (Å²) in [6.45, 7) is 0.370. The third-order valence-corrected chi connectivity index (χ3v) is 3.82. The van der Waals surface area contributed by atoms with Gasteiger partial charge in [-0.25, -0.2) is 14.4 Å². The first-order valence-corrected chi connectivity index (χ1v) is 8.78. The van der Waals surface area contributed by atoms with Crippen LogP contribution in [-0.2, 0) is 4.79 Å². The number of carbonyl (C=O) groups is 3. The molecular formula is C20H22N2O6. The summed E-state index contributed by atoms with van der Waals surface area (Å²) in [5.41, 5.74) is 5.45. The number of carboxylic acid groups (broad SMARTS) is 1. The molecule has 0 aromatic heterocycles. The number of carboxylic acids is 1. The Kier molecular flexibility index (Phi) is 7.98. The van der Waals surface area contributed by atoms with E-state index in [-0.39, 0.29) is 17.9 Å². The molecule has 8 nitrogen and oxygen atoms in total. The maximum atomic E-state index is 12.6. The van der Waals surface area contributed by atoms with Gasteiger partial charge in [-0.1, -0.05) is 36.4 Å². The molecule has 0 aliphatic carbocycles. The second-order valence-electron chi connectivity index (χ2n) is 5.87. The van der Waals surface area contributed by atoms with Gasteiger partial charge in [-0.05, 0) is 50.1 Å². The number of rotatable bonds is 8. The Morgan fingerprint density at radius 2 is 1.32 bits per heavy atom. The molecule has 3 N–H and O–H groups in total. The lowest BCUT2D eigenvalue weighted by atomic mass is 10.1. The predicted octanol–water partition coefficient (Wildman–Crippen LogP) is 3.27. The molecule has 1 atom stereocenters. The number of carbonyl (C=O) groups excluding carboxylic acids is 2. The van der Waals surface area contributed by atoms with Gasteiger partial charge in [-0.3, -0.25) is 0 Å². The lowest BCUT2D eigenvalue weighted by Crippen LogP contribution is -2.51. The molecule has 0 bridgehead atoms. The maximum Gasteiger partial charge on any atom is 0.425 e. The molecule has 0 aliphatic heterocycles. The largest absolute Gasteiger partial charge is 0.480 e. The zero-order chi connectivity index (χ0) is 20.4. The number of aliphatic carboxylic acids is 1. The van der Waals surface area contributed by atoms with Crippen LogP contribution in [0.5, 0.6) is 11.5 Å². The quantitative estimate of drug-likeness (QED) is 0.668. The van der Waals surface area contributed by atoms with E-state index < -0.39 is 24.2 Å². The van der Waals surface area contributed by atoms with Crippen molar-refractivity contribution in [2.75, 3.05) is 6.54 Å². The Morgan fingerprint density at radius 3 is 1.71 bits per heavy atom. The summed E-state index contributed by atoms with van der Waals surface area (Å²) in [5, 5.41) is 9.58. The number of nitrogens with zero attached hydrogens (tertiary/aromatic N) is 1. The number of hydrogen-bond donors (Lipinski definition) is 2. The van der Waals surface area contributed by atoms with Crippen LogP contribution in [-0.4, -0.2) is 40.7 Å². The van der Waals surface area contributed by atoms with Crippen molar-refractivity contribution >= 4 is 18.2 Å². The Balaban J connectivity index is 2.25. The number of ether oxygens (including phenoxy) is 2. The van der Waals surface area contributed by atoms with E-state index in [1.807, 2.05) is 0 Å². The summed E-state index contributed by atoms with van der Waals surface area (Å²) in [5.74, 6) is -0.987. The van der Waals surface area contributed by atoms with Crippen molar-refractivity contribution in [3.05, 3.63) is 60.7 Å². The van der Waals surface area contributed by atoms with Gasteiger partial charge in [0.1, 0.15) is 17.5 Å². The highest BCUT2D eigenvalue weighted by Crippen LogP contribution is 2.18. The molecule has 2 aromatic rings. The van der Waals surface area contributed by atoms with Gasteiger partial charge in [0.15, 0.2) is 0 Å². The molecule has 8 heteroatoms. The zero-order valence-electron chi connectivity index (χ0n) is 15.2. The van der Waals surface area contributed by atoms with Gasteiger partial charge in [0.05, 0.1) is 0 Å². The summed E-state index contributed by atoms with van der Waals surface area (Å²) >= 11 is 0. The molecule has 0 fully saturated rings. The molecule has 0 radical (unpaired) electrons. The van der Waals surface area contributed by atoms with Crippen molar-refractivity contribution in [1.29, 1.82) is 0 Å². The molecule has 28 heavy (non-hydrogen) atoms. The standard InChI is InChI=1S/C20H22N2O6/c21-14-8-7-13-17(18(23)24)22(19(25)27-15-9-3-1-4-10-15)20(26)28-16-11-5-2-6-12-16/h1-6,9-12,17H,7-8,13-14,21H2,(H,23,24)/t17-/m0/s1. The van der Waals surface area contributed by atoms with E-state index in [9.17, 15) is 19.5 Å². The number of unbranched alkanes of at least 4 members (excludes halogenated alkanes) is 1. The Hall–Kier alpha value is -3.39. The van der Waals surface area contributed by atoms with Crippen LogP contribution in [0.3, 0.4) is 0 Å². The molecule has 2 amide bonds. The van der Waals surface area contributed by atoms with Crippen LogP contribution in [0.15, 0.2) is 60.7 Å². The van der Waals surface area contributed by atoms with E-state index in [4.69, 9.17) is 15.2 Å². The first-order valence-electron chi connectivity index (χ1n) is 8.78. The van der Waals surface area contributed by atoms with Gasteiger partial charge in [0, 0.05) is 0 Å². The maximum absolute atomic E-state index is 12.6. The summed E-state index contributed by atoms with van der Waals surface area (Å²) in [6, 6.07) is 14.7. The second-order valence-corrected chi connectivity index (χ2v) is 5.87. The minimum absolute atomic E-state index is 0.0281. The highest BCUT2D eigenvalue weighted by Gasteiger charge is 2.37. The number of hydrogen-bond acceptors (Lipinski definition) is 6. The molecule has 0 saturated heterocycles. The number of imide groups is 1. The van der Waals surface area contributed by atoms with Gasteiger partial charge in [-0.2, -0.15) is 4.90 Å². The van der Waals surface area contributed by atoms with Gasteiger partial charge >= 0.3 is 18.2 Å². The van der Waals surface area contributed by atoms with E-state index >= 15 is 0 Å². The van der Waals surface area contributed by atoms with E-state index in [1.54, 1.807) is 36.4 Å². The fourth-order valence-corrected chi connectivity index (χ4v) is 2.45. The van der Waals surface area contributed by atoms with E-state index in [1.165, 1.54) is 24.3 Å². The van der Waals surface area contributed by atoms with Crippen LogP contribution in [0.2, 0.25) is 0 Å². The molecule has 0 saturated carbocycles. The average molecular weight is 386 g/mol. The first-order chi connectivity index (χ1) is 13.5. The van der Waals surface area contributed by atoms with E-state index in [2.05, 4.69) is 0 Å². The molecule has 2 rings (SSSR count). The monoisotopic (exact) mass is 386 g/mol. The molecule has 2 aromatic carbocycles. The minimum Gasteiger partial charge on any atom is -0.480 e. The molecule has 148 valence electrons. The molecule has 0 aliphatic rings. The number of nitrogens with two attached hydrogens (primary N) is 1. The van der Waals surface area contributed by atoms with Gasteiger partial charge in [0.2, 0.25) is 0 Å². The van der Waals surface area contributed by atoms with Gasteiger partial charge in [-0.15, -0.1) is 0 Å². The Morgan fingerprint density at radius 1 is 0.857 bits per heavy atom. The van der Waals surface area contributed by atoms with Crippen LogP contribution in [0, 0.1) is 0 Å². The van der Waals surface area contributed by atoms with Gasteiger partial charge in [0.25, 0.3) is 0 Å². The summed E-state index contributed by atoms with van der Waals surface area (Å²) in [6.07, 6.45) is -1.26. The Bertz CT molecular complexity index is 728. The van der Waals surface area contributed by atoms with Gasteiger partial charge < -0.3 is 20.3 Å². The smallest absolute Gasteiger partial charge is 0.425 e. The second kappa shape index (κ2) is 10.7. The first kappa shape index (κ1) is 20.9. The molecule has 0 spiro atoms. The van der Waals surface area contributed by atoms with Crippen molar-refractivity contribution in [3.63, 3.8) is 0 Å². The number of amides is 2. The van der Waals surface area contributed by atoms with Crippen molar-refractivity contribution in [3.8, 4) is 11.5 Å². The van der Waals surface area contributed by atoms with Crippen molar-refractivity contribution in [1.82, 2.24) is 4.90 Å². The van der Waals surface area contributed by atoms with Crippen LogP contribution < -0.4 is 15.2 Å². The highest BCUT2D eigenvalue weighted by atomic mass is 16.6. The lowest BCUT2D eigenvalue weighted by Gasteiger charge is -2.25. The van der Waals surface area contributed by atoms with Crippen molar-refractivity contribution < 1.29 is 29.0 Å². The van der Waals surface area contributed by atoms with Crippen LogP contribution in [0.1, 0.15) is 19.3 Å². The number of benzene rings is 2. The SMILES string of the molecule is NCCCC[C@@H](C(=O)O)N(C(=O)Oc1ccccc1)C(=O)Oc1ccccc1. The number of para-hydroxylation sites is 2. The minimum atomic E-state index is -1.45. The predicted molar refractivity (Wildman–Crippen MR) is 101 cm³/mol. The third-order valence-electron chi connectivity index (χ3n) is 3.82. The summed E-state index contributed by atoms with van der Waals surface area (Å²) < 4.78 is 10.3. The summed E-state index contributed by atoms with van der Waals surface area (Å²) in [4.78, 5) is 37.5. The van der Waals surface area contributed by atoms with Crippen LogP contribution in [0.4, 0.5) is 9.59 Å². The highest BCUT2D eigenvalue weighted by molar-refractivity contribution is 5.94. The molecular weight excluding hydrogens is 364 g/mol. The average Bonchev–Trinajstić information content (AvgIpc) is 2.68. The van der Waals surface area contributed by atoms with E-state index in [0.717, 1.165) is 0 Å². The zero-order valence-corrected chi connectivity index (χ0v) is 15.2. The summed E-state index contributed by atoms with van der Waals surface area (Å²) in [7, 11) is 0. The fourth-order valence-electron chi connectivity index (χ4n) is 2.45. The topological polar surface area (TPSA) is 119 Å². The fraction of sp³-hybridized carbons (Fsp3) is 0.250. The Labute approximate surface area is 162 Å². The van der Waals surface area contributed by atoms with Crippen LogP contribution >= 0.6 is 0 Å². The molecule has 0 heterocycles. The van der Waals surface area contributed by atoms with Crippen LogP contribution in [0.25, 0.3) is 0 Å². The lowest BCUT2D eigenvalue weighted by molar-refractivity contribution is -0.142. The normalized spacial score (nSPS) is 11.3.